The van der Waals surface area contributed by atoms with Crippen LogP contribution in [0.4, 0.5) is 4.39 Å². The van der Waals surface area contributed by atoms with E-state index in [1.807, 2.05) is 17.5 Å². The maximum absolute atomic E-state index is 14.2. The molecule has 1 heterocycles. The number of fused-ring (bicyclic) bond motifs is 1. The van der Waals surface area contributed by atoms with Gasteiger partial charge in [-0.3, -0.25) is 4.79 Å². The van der Waals surface area contributed by atoms with E-state index in [1.54, 1.807) is 13.8 Å². The fourth-order valence-electron chi connectivity index (χ4n) is 1.94. The van der Waals surface area contributed by atoms with Crippen LogP contribution < -0.4 is 5.73 Å². The van der Waals surface area contributed by atoms with E-state index in [0.717, 1.165) is 10.1 Å². The minimum absolute atomic E-state index is 0.190. The number of carbonyl (C=O) groups is 1. The van der Waals surface area contributed by atoms with Crippen LogP contribution in [0, 0.1) is 12.7 Å². The number of primary amides is 1. The van der Waals surface area contributed by atoms with Crippen LogP contribution in [0.5, 0.6) is 0 Å². The molecule has 102 valence electrons. The highest BCUT2D eigenvalue weighted by Gasteiger charge is 2.13. The van der Waals surface area contributed by atoms with E-state index in [9.17, 15) is 9.18 Å². The maximum atomic E-state index is 14.2. The summed E-state index contributed by atoms with van der Waals surface area (Å²) in [6.45, 7) is 3.65. The van der Waals surface area contributed by atoms with Gasteiger partial charge in [0.1, 0.15) is 11.9 Å². The second-order valence-electron chi connectivity index (χ2n) is 4.48. The topological polar surface area (TPSA) is 52.3 Å². The van der Waals surface area contributed by atoms with Gasteiger partial charge in [0, 0.05) is 10.3 Å². The van der Waals surface area contributed by atoms with Gasteiger partial charge in [-0.1, -0.05) is 0 Å². The van der Waals surface area contributed by atoms with Crippen molar-refractivity contribution >= 4 is 27.3 Å². The molecule has 1 amide bonds. The van der Waals surface area contributed by atoms with Gasteiger partial charge in [0.25, 0.3) is 0 Å². The Hall–Kier alpha value is -1.46. The molecule has 1 unspecified atom stereocenters. The summed E-state index contributed by atoms with van der Waals surface area (Å²) in [7, 11) is 0. The molecular formula is C14H16FNO2S. The first-order valence-electron chi connectivity index (χ1n) is 6.06. The van der Waals surface area contributed by atoms with E-state index in [0.29, 0.717) is 17.5 Å². The normalized spacial score (nSPS) is 12.8. The number of carbonyl (C=O) groups excluding carboxylic acids is 1. The lowest BCUT2D eigenvalue weighted by Crippen LogP contribution is -2.28. The first-order chi connectivity index (χ1) is 9.00. The number of rotatable bonds is 5. The van der Waals surface area contributed by atoms with E-state index < -0.39 is 12.0 Å². The Bertz CT molecular complexity index is 609. The highest BCUT2D eigenvalue weighted by Crippen LogP contribution is 2.29. The number of amides is 1. The molecule has 5 heteroatoms. The van der Waals surface area contributed by atoms with Crippen LogP contribution >= 0.6 is 11.3 Å². The highest BCUT2D eigenvalue weighted by molar-refractivity contribution is 7.17. The summed E-state index contributed by atoms with van der Waals surface area (Å²) in [4.78, 5) is 10.8. The van der Waals surface area contributed by atoms with Gasteiger partial charge in [0.15, 0.2) is 0 Å². The Morgan fingerprint density at radius 1 is 1.58 bits per heavy atom. The summed E-state index contributed by atoms with van der Waals surface area (Å²) in [5, 5.41) is 2.99. The molecule has 3 nitrogen and oxygen atoms in total. The van der Waals surface area contributed by atoms with E-state index in [-0.39, 0.29) is 12.4 Å². The molecular weight excluding hydrogens is 265 g/mol. The van der Waals surface area contributed by atoms with Gasteiger partial charge in [-0.25, -0.2) is 4.39 Å². The lowest BCUT2D eigenvalue weighted by atomic mass is 10.1. The number of thiophene rings is 1. The Morgan fingerprint density at radius 2 is 2.32 bits per heavy atom. The number of halogens is 1. The van der Waals surface area contributed by atoms with E-state index in [2.05, 4.69) is 0 Å². The number of nitrogens with two attached hydrogens (primary N) is 1. The molecule has 1 atom stereocenters. The van der Waals surface area contributed by atoms with Gasteiger partial charge in [0.05, 0.1) is 6.61 Å². The van der Waals surface area contributed by atoms with Gasteiger partial charge in [-0.15, -0.1) is 11.3 Å². The third-order valence-corrected chi connectivity index (χ3v) is 4.17. The molecule has 0 saturated carbocycles. The molecule has 0 aliphatic carbocycles. The lowest BCUT2D eigenvalue weighted by Gasteiger charge is -2.11. The Balaban J connectivity index is 2.12. The van der Waals surface area contributed by atoms with Gasteiger partial charge in [0.2, 0.25) is 5.91 Å². The molecule has 0 saturated heterocycles. The first-order valence-corrected chi connectivity index (χ1v) is 6.94. The van der Waals surface area contributed by atoms with Crippen molar-refractivity contribution in [2.75, 3.05) is 6.61 Å². The van der Waals surface area contributed by atoms with Crippen molar-refractivity contribution in [3.63, 3.8) is 0 Å². The Kier molecular flexibility index (Phi) is 4.17. The Labute approximate surface area is 115 Å². The van der Waals surface area contributed by atoms with Crippen LogP contribution in [0.3, 0.4) is 0 Å². The smallest absolute Gasteiger partial charge is 0.246 e. The molecule has 0 spiro atoms. The Morgan fingerprint density at radius 3 is 3.00 bits per heavy atom. The molecule has 0 bridgehead atoms. The number of benzene rings is 1. The minimum Gasteiger partial charge on any atom is -0.368 e. The summed E-state index contributed by atoms with van der Waals surface area (Å²) in [5.41, 5.74) is 6.38. The SMILES string of the molecule is Cc1c(F)c(CCOC(C)C(N)=O)cc2ccsc12. The zero-order chi connectivity index (χ0) is 14.0. The first kappa shape index (κ1) is 14.0. The molecule has 0 aliphatic rings. The summed E-state index contributed by atoms with van der Waals surface area (Å²) < 4.78 is 20.4. The van der Waals surface area contributed by atoms with Crippen molar-refractivity contribution in [3.05, 3.63) is 34.5 Å². The molecule has 0 aliphatic heterocycles. The van der Waals surface area contributed by atoms with Gasteiger partial charge in [-0.2, -0.15) is 0 Å². The molecule has 2 aromatic rings. The standard InChI is InChI=1S/C14H16FNO2S/c1-8-12(15)10(3-5-18-9(2)14(16)17)7-11-4-6-19-13(8)11/h4,6-7,9H,3,5H2,1-2H3,(H2,16,17). The van der Waals surface area contributed by atoms with E-state index in [4.69, 9.17) is 10.5 Å². The molecule has 1 aromatic carbocycles. The number of aryl methyl sites for hydroxylation is 1. The zero-order valence-electron chi connectivity index (χ0n) is 10.9. The zero-order valence-corrected chi connectivity index (χ0v) is 11.7. The molecule has 2 N–H and O–H groups in total. The molecule has 1 aromatic heterocycles. The van der Waals surface area contributed by atoms with Gasteiger partial charge < -0.3 is 10.5 Å². The van der Waals surface area contributed by atoms with Crippen LogP contribution in [0.2, 0.25) is 0 Å². The van der Waals surface area contributed by atoms with Crippen LogP contribution in [0.15, 0.2) is 17.5 Å². The summed E-state index contributed by atoms with van der Waals surface area (Å²) in [6.07, 6.45) is -0.218. The predicted molar refractivity (Wildman–Crippen MR) is 74.8 cm³/mol. The predicted octanol–water partition coefficient (Wildman–Crippen LogP) is 2.78. The molecule has 0 fully saturated rings. The molecule has 2 rings (SSSR count). The highest BCUT2D eigenvalue weighted by atomic mass is 32.1. The van der Waals surface area contributed by atoms with Crippen LogP contribution in [-0.2, 0) is 16.0 Å². The van der Waals surface area contributed by atoms with Crippen molar-refractivity contribution in [2.45, 2.75) is 26.4 Å². The van der Waals surface area contributed by atoms with Crippen LogP contribution in [-0.4, -0.2) is 18.6 Å². The third-order valence-electron chi connectivity index (χ3n) is 3.12. The van der Waals surface area contributed by atoms with Crippen molar-refractivity contribution in [1.82, 2.24) is 0 Å². The van der Waals surface area contributed by atoms with Gasteiger partial charge in [-0.05, 0) is 48.7 Å². The largest absolute Gasteiger partial charge is 0.368 e. The van der Waals surface area contributed by atoms with Gasteiger partial charge >= 0.3 is 0 Å². The third kappa shape index (κ3) is 2.93. The average Bonchev–Trinajstić information content (AvgIpc) is 2.83. The van der Waals surface area contributed by atoms with Crippen molar-refractivity contribution in [2.24, 2.45) is 5.73 Å². The quantitative estimate of drug-likeness (QED) is 0.916. The fourth-order valence-corrected chi connectivity index (χ4v) is 2.82. The second-order valence-corrected chi connectivity index (χ2v) is 5.40. The monoisotopic (exact) mass is 281 g/mol. The van der Waals surface area contributed by atoms with E-state index in [1.165, 1.54) is 11.3 Å². The van der Waals surface area contributed by atoms with Crippen molar-refractivity contribution in [3.8, 4) is 0 Å². The maximum Gasteiger partial charge on any atom is 0.246 e. The lowest BCUT2D eigenvalue weighted by molar-refractivity contribution is -0.128. The molecule has 19 heavy (non-hydrogen) atoms. The van der Waals surface area contributed by atoms with E-state index >= 15 is 0 Å². The van der Waals surface area contributed by atoms with Crippen molar-refractivity contribution in [1.29, 1.82) is 0 Å². The number of hydrogen-bond acceptors (Lipinski definition) is 3. The number of hydrogen-bond donors (Lipinski definition) is 1. The summed E-state index contributed by atoms with van der Waals surface area (Å²) in [6, 6.07) is 3.81. The van der Waals surface area contributed by atoms with Crippen LogP contribution in [0.25, 0.3) is 10.1 Å². The average molecular weight is 281 g/mol. The second kappa shape index (κ2) is 5.67. The number of ether oxygens (including phenoxy) is 1. The molecule has 0 radical (unpaired) electrons. The fraction of sp³-hybridized carbons (Fsp3) is 0.357. The minimum atomic E-state index is -0.644. The van der Waals surface area contributed by atoms with Crippen LogP contribution in [0.1, 0.15) is 18.1 Å². The van der Waals surface area contributed by atoms with Crippen molar-refractivity contribution < 1.29 is 13.9 Å². The summed E-state index contributed by atoms with van der Waals surface area (Å²) >= 11 is 1.54. The summed E-state index contributed by atoms with van der Waals surface area (Å²) in [5.74, 6) is -0.699.